The van der Waals surface area contributed by atoms with Crippen molar-refractivity contribution in [1.29, 1.82) is 0 Å². The quantitative estimate of drug-likeness (QED) is 0.829. The highest BCUT2D eigenvalue weighted by molar-refractivity contribution is 5.77. The zero-order valence-corrected chi connectivity index (χ0v) is 13.3. The lowest BCUT2D eigenvalue weighted by Gasteiger charge is -2.36. The summed E-state index contributed by atoms with van der Waals surface area (Å²) in [4.78, 5) is 21.9. The van der Waals surface area contributed by atoms with Crippen LogP contribution in [0.2, 0.25) is 0 Å². The highest BCUT2D eigenvalue weighted by Crippen LogP contribution is 2.17. The van der Waals surface area contributed by atoms with Crippen molar-refractivity contribution in [2.75, 3.05) is 32.1 Å². The van der Waals surface area contributed by atoms with Crippen molar-refractivity contribution in [2.24, 2.45) is 0 Å². The highest BCUT2D eigenvalue weighted by Gasteiger charge is 2.30. The van der Waals surface area contributed by atoms with E-state index in [2.05, 4.69) is 29.1 Å². The summed E-state index contributed by atoms with van der Waals surface area (Å²) in [7, 11) is 1.49. The minimum atomic E-state index is -0.650. The van der Waals surface area contributed by atoms with E-state index in [1.807, 2.05) is 0 Å². The Morgan fingerprint density at radius 3 is 2.73 bits per heavy atom. The second-order valence-electron chi connectivity index (χ2n) is 5.87. The zero-order valence-electron chi connectivity index (χ0n) is 13.3. The van der Waals surface area contributed by atoms with Gasteiger partial charge in [0.25, 0.3) is 0 Å². The first-order valence-electron chi connectivity index (χ1n) is 7.54. The lowest BCUT2D eigenvalue weighted by Crippen LogP contribution is -2.52. The Morgan fingerprint density at radius 1 is 1.50 bits per heavy atom. The van der Waals surface area contributed by atoms with Gasteiger partial charge < -0.3 is 20.1 Å². The fraction of sp³-hybridized carbons (Fsp3) is 0.667. The van der Waals surface area contributed by atoms with Crippen LogP contribution in [-0.2, 0) is 9.53 Å². The van der Waals surface area contributed by atoms with E-state index in [1.54, 1.807) is 17.3 Å². The number of methoxy groups -OCH3 is 1. The highest BCUT2D eigenvalue weighted by atomic mass is 16.5. The molecule has 22 heavy (non-hydrogen) atoms. The third kappa shape index (κ3) is 4.14. The largest absolute Gasteiger partial charge is 0.389 e. The van der Waals surface area contributed by atoms with Crippen LogP contribution in [-0.4, -0.2) is 64.8 Å². The molecule has 0 spiro atoms. The molecule has 2 rings (SSSR count). The Morgan fingerprint density at radius 2 is 2.18 bits per heavy atom. The molecule has 1 aliphatic heterocycles. The zero-order chi connectivity index (χ0) is 16.1. The van der Waals surface area contributed by atoms with Gasteiger partial charge in [-0.25, -0.2) is 9.97 Å². The van der Waals surface area contributed by atoms with Gasteiger partial charge in [0.15, 0.2) is 0 Å². The van der Waals surface area contributed by atoms with Crippen molar-refractivity contribution in [3.8, 4) is 0 Å². The van der Waals surface area contributed by atoms with Crippen LogP contribution in [0.1, 0.15) is 31.7 Å². The maximum atomic E-state index is 11.8. The summed E-state index contributed by atoms with van der Waals surface area (Å²) in [5.41, 5.74) is 1.08. The molecule has 1 aromatic rings. The SMILES string of the molecule is COCC(=O)N1CC[C@@H](Nc2ncc(C(C)C)cn2)[C@H](O)C1. The second kappa shape index (κ2) is 7.51. The van der Waals surface area contributed by atoms with Crippen molar-refractivity contribution in [2.45, 2.75) is 38.3 Å². The number of amides is 1. The van der Waals surface area contributed by atoms with E-state index in [0.29, 0.717) is 31.4 Å². The van der Waals surface area contributed by atoms with Gasteiger partial charge in [-0.2, -0.15) is 0 Å². The first-order valence-corrected chi connectivity index (χ1v) is 7.54. The molecule has 0 bridgehead atoms. The number of aliphatic hydroxyl groups excluding tert-OH is 1. The summed E-state index contributed by atoms with van der Waals surface area (Å²) >= 11 is 0. The minimum Gasteiger partial charge on any atom is -0.389 e. The number of β-amino-alcohol motifs (C(OH)–C–C–N with tert-alkyl or cyclic N) is 1. The standard InChI is InChI=1S/C15H24N4O3/c1-10(2)11-6-16-15(17-7-11)18-12-4-5-19(8-13(12)20)14(21)9-22-3/h6-7,10,12-13,20H,4-5,8-9H2,1-3H3,(H,16,17,18)/t12-,13-/m1/s1. The van der Waals surface area contributed by atoms with Crippen LogP contribution in [0.3, 0.4) is 0 Å². The lowest BCUT2D eigenvalue weighted by molar-refractivity contribution is -0.138. The monoisotopic (exact) mass is 308 g/mol. The van der Waals surface area contributed by atoms with Crippen LogP contribution >= 0.6 is 0 Å². The van der Waals surface area contributed by atoms with Gasteiger partial charge in [0, 0.05) is 32.6 Å². The molecule has 1 fully saturated rings. The topological polar surface area (TPSA) is 87.6 Å². The van der Waals surface area contributed by atoms with Gasteiger partial charge in [0.1, 0.15) is 6.61 Å². The summed E-state index contributed by atoms with van der Waals surface area (Å²) in [6.07, 6.45) is 3.59. The Balaban J connectivity index is 1.90. The second-order valence-corrected chi connectivity index (χ2v) is 5.87. The Kier molecular flexibility index (Phi) is 5.68. The third-order valence-corrected chi connectivity index (χ3v) is 3.86. The van der Waals surface area contributed by atoms with Crippen LogP contribution in [0.4, 0.5) is 5.95 Å². The normalized spacial score (nSPS) is 22.0. The number of hydrogen-bond donors (Lipinski definition) is 2. The Hall–Kier alpha value is -1.73. The maximum absolute atomic E-state index is 11.8. The number of ether oxygens (including phenoxy) is 1. The van der Waals surface area contributed by atoms with E-state index in [1.165, 1.54) is 7.11 Å². The molecular formula is C15H24N4O3. The molecular weight excluding hydrogens is 284 g/mol. The summed E-state index contributed by atoms with van der Waals surface area (Å²) < 4.78 is 4.84. The van der Waals surface area contributed by atoms with Gasteiger partial charge in [-0.3, -0.25) is 4.79 Å². The van der Waals surface area contributed by atoms with E-state index in [4.69, 9.17) is 4.74 Å². The number of piperidine rings is 1. The summed E-state index contributed by atoms with van der Waals surface area (Å²) in [5.74, 6) is 0.789. The first kappa shape index (κ1) is 16.6. The summed E-state index contributed by atoms with van der Waals surface area (Å²) in [6, 6.07) is -0.156. The number of hydrogen-bond acceptors (Lipinski definition) is 6. The Labute approximate surface area is 130 Å². The minimum absolute atomic E-state index is 0.0462. The van der Waals surface area contributed by atoms with Crippen LogP contribution in [0.25, 0.3) is 0 Å². The van der Waals surface area contributed by atoms with Gasteiger partial charge in [0.2, 0.25) is 11.9 Å². The molecule has 1 aliphatic rings. The van der Waals surface area contributed by atoms with E-state index >= 15 is 0 Å². The molecule has 2 heterocycles. The first-order chi connectivity index (χ1) is 10.5. The number of aliphatic hydroxyl groups is 1. The molecule has 0 saturated carbocycles. The van der Waals surface area contributed by atoms with Gasteiger partial charge in [-0.05, 0) is 17.9 Å². The van der Waals surface area contributed by atoms with Crippen LogP contribution in [0, 0.1) is 0 Å². The molecule has 0 radical (unpaired) electrons. The number of carbonyl (C=O) groups is 1. The third-order valence-electron chi connectivity index (χ3n) is 3.86. The average molecular weight is 308 g/mol. The fourth-order valence-electron chi connectivity index (χ4n) is 2.42. The maximum Gasteiger partial charge on any atom is 0.248 e. The number of aromatic nitrogens is 2. The molecule has 7 heteroatoms. The molecule has 2 atom stereocenters. The predicted molar refractivity (Wildman–Crippen MR) is 82.6 cm³/mol. The van der Waals surface area contributed by atoms with Crippen LogP contribution < -0.4 is 5.32 Å². The van der Waals surface area contributed by atoms with Gasteiger partial charge in [-0.1, -0.05) is 13.8 Å². The number of likely N-dealkylation sites (tertiary alicyclic amines) is 1. The van der Waals surface area contributed by atoms with Crippen molar-refractivity contribution >= 4 is 11.9 Å². The summed E-state index contributed by atoms with van der Waals surface area (Å²) in [5, 5.41) is 13.4. The molecule has 0 unspecified atom stereocenters. The average Bonchev–Trinajstić information content (AvgIpc) is 2.50. The predicted octanol–water partition coefficient (Wildman–Crippen LogP) is 0.620. The number of nitrogens with one attached hydrogen (secondary N) is 1. The van der Waals surface area contributed by atoms with E-state index in [-0.39, 0.29) is 18.6 Å². The van der Waals surface area contributed by atoms with Crippen molar-refractivity contribution in [3.63, 3.8) is 0 Å². The molecule has 1 saturated heterocycles. The van der Waals surface area contributed by atoms with Gasteiger partial charge in [0.05, 0.1) is 12.1 Å². The number of nitrogens with zero attached hydrogens (tertiary/aromatic N) is 3. The van der Waals surface area contributed by atoms with Crippen LogP contribution in [0.5, 0.6) is 0 Å². The van der Waals surface area contributed by atoms with E-state index in [0.717, 1.165) is 5.56 Å². The van der Waals surface area contributed by atoms with Gasteiger partial charge in [-0.15, -0.1) is 0 Å². The van der Waals surface area contributed by atoms with Crippen molar-refractivity contribution < 1.29 is 14.6 Å². The summed E-state index contributed by atoms with van der Waals surface area (Å²) in [6.45, 7) is 5.10. The van der Waals surface area contributed by atoms with Gasteiger partial charge >= 0.3 is 0 Å². The number of carbonyl (C=O) groups excluding carboxylic acids is 1. The van der Waals surface area contributed by atoms with E-state index in [9.17, 15) is 9.90 Å². The fourth-order valence-corrected chi connectivity index (χ4v) is 2.42. The smallest absolute Gasteiger partial charge is 0.248 e. The Bertz CT molecular complexity index is 492. The molecule has 122 valence electrons. The molecule has 1 aromatic heterocycles. The lowest BCUT2D eigenvalue weighted by atomic mass is 10.0. The molecule has 0 aliphatic carbocycles. The van der Waals surface area contributed by atoms with Crippen molar-refractivity contribution in [3.05, 3.63) is 18.0 Å². The molecule has 2 N–H and O–H groups in total. The van der Waals surface area contributed by atoms with Crippen molar-refractivity contribution in [1.82, 2.24) is 14.9 Å². The number of anilines is 1. The molecule has 7 nitrogen and oxygen atoms in total. The van der Waals surface area contributed by atoms with E-state index < -0.39 is 6.10 Å². The molecule has 1 amide bonds. The number of rotatable bonds is 5. The van der Waals surface area contributed by atoms with Crippen LogP contribution in [0.15, 0.2) is 12.4 Å². The molecule has 0 aromatic carbocycles.